The van der Waals surface area contributed by atoms with Gasteiger partial charge in [-0.25, -0.2) is 9.13 Å². The third kappa shape index (κ3) is 1.75. The lowest BCUT2D eigenvalue weighted by atomic mass is 10.1. The lowest BCUT2D eigenvalue weighted by Crippen LogP contribution is -2.32. The van der Waals surface area contributed by atoms with Gasteiger partial charge in [0.15, 0.2) is 0 Å². The zero-order valence-corrected chi connectivity index (χ0v) is 15.8. The summed E-state index contributed by atoms with van der Waals surface area (Å²) in [6.07, 6.45) is 4.16. The second kappa shape index (κ2) is 4.97. The third-order valence-corrected chi connectivity index (χ3v) is 5.56. The molecular weight excluding hydrogens is 322 g/mol. The molecule has 0 aliphatic rings. The fourth-order valence-corrected chi connectivity index (χ4v) is 4.05. The molecule has 5 nitrogen and oxygen atoms in total. The normalized spacial score (nSPS) is 12.0. The zero-order valence-electron chi connectivity index (χ0n) is 15.8. The first kappa shape index (κ1) is 15.2. The van der Waals surface area contributed by atoms with Crippen molar-refractivity contribution < 1.29 is 4.57 Å². The van der Waals surface area contributed by atoms with E-state index >= 15 is 0 Å². The van der Waals surface area contributed by atoms with E-state index in [1.807, 2.05) is 0 Å². The van der Waals surface area contributed by atoms with Gasteiger partial charge >= 0.3 is 5.95 Å². The number of rotatable bonds is 1. The van der Waals surface area contributed by atoms with Crippen LogP contribution in [-0.4, -0.2) is 18.5 Å². The largest absolute Gasteiger partial charge is 0.371 e. The van der Waals surface area contributed by atoms with E-state index in [2.05, 4.69) is 95.7 Å². The summed E-state index contributed by atoms with van der Waals surface area (Å²) < 4.78 is 8.87. The molecule has 3 aromatic heterocycles. The Balaban J connectivity index is 2.12. The van der Waals surface area contributed by atoms with Crippen molar-refractivity contribution in [3.05, 3.63) is 59.4 Å². The molecule has 5 aromatic rings. The molecule has 0 aliphatic carbocycles. The van der Waals surface area contributed by atoms with Crippen molar-refractivity contribution in [2.45, 2.75) is 20.8 Å². The van der Waals surface area contributed by atoms with Crippen LogP contribution in [0.4, 0.5) is 0 Å². The highest BCUT2D eigenvalue weighted by Crippen LogP contribution is 2.32. The molecular formula is C21H22N5+. The fourth-order valence-electron chi connectivity index (χ4n) is 4.05. The minimum atomic E-state index is 0.954. The Hall–Kier alpha value is -3.08. The van der Waals surface area contributed by atoms with Crippen LogP contribution in [-0.2, 0) is 14.1 Å². The highest BCUT2D eigenvalue weighted by atomic mass is 15.3. The fraction of sp³-hybridized carbons (Fsp3) is 0.238. The van der Waals surface area contributed by atoms with Crippen molar-refractivity contribution in [3.8, 4) is 5.95 Å². The van der Waals surface area contributed by atoms with Crippen LogP contribution < -0.4 is 4.57 Å². The molecule has 3 heterocycles. The molecule has 130 valence electrons. The average molecular weight is 344 g/mol. The highest BCUT2D eigenvalue weighted by molar-refractivity contribution is 5.94. The quantitative estimate of drug-likeness (QED) is 0.428. The molecule has 26 heavy (non-hydrogen) atoms. The lowest BCUT2D eigenvalue weighted by molar-refractivity contribution is -0.664. The van der Waals surface area contributed by atoms with Gasteiger partial charge in [-0.05, 0) is 49.6 Å². The van der Waals surface area contributed by atoms with Crippen molar-refractivity contribution in [2.75, 3.05) is 0 Å². The second-order valence-electron chi connectivity index (χ2n) is 7.22. The predicted octanol–water partition coefficient (Wildman–Crippen LogP) is 3.52. The summed E-state index contributed by atoms with van der Waals surface area (Å²) in [5.74, 6) is 2.04. The summed E-state index contributed by atoms with van der Waals surface area (Å²) in [4.78, 5) is 5.06. The molecule has 0 N–H and O–H groups in total. The molecule has 0 radical (unpaired) electrons. The maximum absolute atomic E-state index is 5.06. The molecule has 5 heteroatoms. The van der Waals surface area contributed by atoms with Crippen molar-refractivity contribution in [1.82, 2.24) is 18.5 Å². The number of hydrogen-bond donors (Lipinski definition) is 0. The Morgan fingerprint density at radius 2 is 1.77 bits per heavy atom. The SMILES string of the molecule is Cc1ccc2c(c1C)n(-c1n(C)cc[n+]1C)c1nc3c(C)cccc3n21. The topological polar surface area (TPSA) is 31.0 Å². The van der Waals surface area contributed by atoms with Crippen molar-refractivity contribution >= 4 is 27.8 Å². The smallest absolute Gasteiger partial charge is 0.261 e. The number of benzene rings is 2. The van der Waals surface area contributed by atoms with E-state index in [1.54, 1.807) is 0 Å². The van der Waals surface area contributed by atoms with Gasteiger partial charge in [0.1, 0.15) is 5.52 Å². The van der Waals surface area contributed by atoms with Crippen molar-refractivity contribution in [2.24, 2.45) is 14.1 Å². The molecule has 5 rings (SSSR count). The van der Waals surface area contributed by atoms with E-state index in [4.69, 9.17) is 4.98 Å². The first-order valence-corrected chi connectivity index (χ1v) is 8.88. The summed E-state index contributed by atoms with van der Waals surface area (Å²) in [6.45, 7) is 6.49. The first-order chi connectivity index (χ1) is 12.5. The van der Waals surface area contributed by atoms with Gasteiger partial charge in [0, 0.05) is 0 Å². The van der Waals surface area contributed by atoms with Crippen LogP contribution in [0.2, 0.25) is 0 Å². The van der Waals surface area contributed by atoms with Crippen LogP contribution in [0.5, 0.6) is 0 Å². The summed E-state index contributed by atoms with van der Waals surface area (Å²) in [5.41, 5.74) is 8.40. The van der Waals surface area contributed by atoms with Gasteiger partial charge in [0.05, 0.1) is 43.0 Å². The minimum Gasteiger partial charge on any atom is -0.261 e. The monoisotopic (exact) mass is 344 g/mol. The van der Waals surface area contributed by atoms with Crippen LogP contribution in [0.1, 0.15) is 16.7 Å². The molecule has 0 amide bonds. The standard InChI is InChI=1S/C21H22N5/c1-13-9-10-17-19(15(13)3)26(21-23(4)11-12-24(21)5)20-22-18-14(2)7-6-8-16(18)25(17)20/h6-12H,1-5H3/q+1. The van der Waals surface area contributed by atoms with Crippen LogP contribution >= 0.6 is 0 Å². The van der Waals surface area contributed by atoms with Crippen LogP contribution in [0, 0.1) is 20.8 Å². The van der Waals surface area contributed by atoms with Crippen molar-refractivity contribution in [3.63, 3.8) is 0 Å². The van der Waals surface area contributed by atoms with Crippen LogP contribution in [0.15, 0.2) is 42.7 Å². The Bertz CT molecular complexity index is 1310. The van der Waals surface area contributed by atoms with Gasteiger partial charge in [-0.15, -0.1) is 0 Å². The number of nitrogens with zero attached hydrogens (tertiary/aromatic N) is 5. The van der Waals surface area contributed by atoms with E-state index in [0.29, 0.717) is 0 Å². The Morgan fingerprint density at radius 3 is 2.50 bits per heavy atom. The molecule has 0 aliphatic heterocycles. The van der Waals surface area contributed by atoms with Crippen LogP contribution in [0.3, 0.4) is 0 Å². The van der Waals surface area contributed by atoms with Crippen molar-refractivity contribution in [1.29, 1.82) is 0 Å². The number of imidazole rings is 3. The highest BCUT2D eigenvalue weighted by Gasteiger charge is 2.27. The molecule has 0 spiro atoms. The molecule has 2 aromatic carbocycles. The van der Waals surface area contributed by atoms with E-state index < -0.39 is 0 Å². The number of fused-ring (bicyclic) bond motifs is 5. The molecule has 0 saturated carbocycles. The first-order valence-electron chi connectivity index (χ1n) is 8.88. The van der Waals surface area contributed by atoms with E-state index in [0.717, 1.165) is 22.8 Å². The van der Waals surface area contributed by atoms with Gasteiger partial charge in [0.25, 0.3) is 5.78 Å². The molecule has 0 fully saturated rings. The number of aromatic nitrogens is 5. The molecule has 0 unspecified atom stereocenters. The predicted molar refractivity (Wildman–Crippen MR) is 104 cm³/mol. The number of para-hydroxylation sites is 1. The Morgan fingerprint density at radius 1 is 0.962 bits per heavy atom. The van der Waals surface area contributed by atoms with Gasteiger partial charge in [-0.2, -0.15) is 9.55 Å². The van der Waals surface area contributed by atoms with E-state index in [1.165, 1.54) is 27.7 Å². The second-order valence-corrected chi connectivity index (χ2v) is 7.22. The van der Waals surface area contributed by atoms with Gasteiger partial charge < -0.3 is 0 Å². The Kier molecular flexibility index (Phi) is 2.91. The number of aryl methyl sites for hydroxylation is 5. The van der Waals surface area contributed by atoms with E-state index in [-0.39, 0.29) is 0 Å². The van der Waals surface area contributed by atoms with Gasteiger partial charge in [-0.3, -0.25) is 4.40 Å². The minimum absolute atomic E-state index is 0.954. The summed E-state index contributed by atoms with van der Waals surface area (Å²) in [5, 5.41) is 0. The summed E-state index contributed by atoms with van der Waals surface area (Å²) in [6, 6.07) is 10.8. The lowest BCUT2D eigenvalue weighted by Gasteiger charge is -2.05. The molecule has 0 atom stereocenters. The molecule has 0 bridgehead atoms. The zero-order chi connectivity index (χ0) is 18.2. The van der Waals surface area contributed by atoms with Gasteiger partial charge in [-0.1, -0.05) is 18.2 Å². The Labute approximate surface area is 151 Å². The maximum Gasteiger partial charge on any atom is 0.371 e. The summed E-state index contributed by atoms with van der Waals surface area (Å²) in [7, 11) is 4.16. The maximum atomic E-state index is 5.06. The average Bonchev–Trinajstić information content (AvgIpc) is 3.24. The van der Waals surface area contributed by atoms with E-state index in [9.17, 15) is 0 Å². The summed E-state index contributed by atoms with van der Waals surface area (Å²) >= 11 is 0. The third-order valence-electron chi connectivity index (χ3n) is 5.56. The number of hydrogen-bond acceptors (Lipinski definition) is 1. The van der Waals surface area contributed by atoms with Crippen LogP contribution in [0.25, 0.3) is 33.8 Å². The molecule has 0 saturated heterocycles. The van der Waals surface area contributed by atoms with Gasteiger partial charge in [0.2, 0.25) is 0 Å².